The number of nitrogens with zero attached hydrogens (tertiary/aromatic N) is 2. The van der Waals surface area contributed by atoms with Crippen molar-refractivity contribution in [3.63, 3.8) is 0 Å². The summed E-state index contributed by atoms with van der Waals surface area (Å²) in [6.45, 7) is 0. The predicted molar refractivity (Wildman–Crippen MR) is 72.3 cm³/mol. The fourth-order valence-electron chi connectivity index (χ4n) is 2.55. The second-order valence-electron chi connectivity index (χ2n) is 4.53. The van der Waals surface area contributed by atoms with E-state index >= 15 is 0 Å². The quantitative estimate of drug-likeness (QED) is 0.466. The van der Waals surface area contributed by atoms with Crippen LogP contribution in [0.5, 0.6) is 0 Å². The van der Waals surface area contributed by atoms with Crippen molar-refractivity contribution in [3.8, 4) is 0 Å². The highest BCUT2D eigenvalue weighted by molar-refractivity contribution is 6.03. The van der Waals surface area contributed by atoms with Crippen LogP contribution in [0, 0.1) is 0 Å². The lowest BCUT2D eigenvalue weighted by Gasteiger charge is -1.99. The van der Waals surface area contributed by atoms with E-state index in [1.165, 1.54) is 5.39 Å². The number of aromatic nitrogens is 3. The van der Waals surface area contributed by atoms with E-state index in [0.717, 1.165) is 27.7 Å². The van der Waals surface area contributed by atoms with Crippen molar-refractivity contribution in [1.82, 2.24) is 9.97 Å². The molecule has 0 aliphatic carbocycles. The van der Waals surface area contributed by atoms with Gasteiger partial charge in [-0.15, -0.1) is 0 Å². The van der Waals surface area contributed by atoms with Crippen LogP contribution in [0.15, 0.2) is 48.5 Å². The van der Waals surface area contributed by atoms with E-state index in [0.29, 0.717) is 0 Å². The Morgan fingerprint density at radius 2 is 1.78 bits per heavy atom. The van der Waals surface area contributed by atoms with Crippen LogP contribution in [0.2, 0.25) is 0 Å². The maximum absolute atomic E-state index is 4.77. The van der Waals surface area contributed by atoms with Gasteiger partial charge in [-0.2, -0.15) is 0 Å². The Hall–Kier alpha value is -2.42. The summed E-state index contributed by atoms with van der Waals surface area (Å²) in [6.07, 6.45) is 0. The number of rotatable bonds is 0. The lowest BCUT2D eigenvalue weighted by Crippen LogP contribution is -2.30. The molecule has 0 aliphatic heterocycles. The van der Waals surface area contributed by atoms with Gasteiger partial charge in [-0.05, 0) is 24.3 Å². The normalized spacial score (nSPS) is 11.6. The third-order valence-electron chi connectivity index (χ3n) is 3.47. The molecule has 86 valence electrons. The fraction of sp³-hybridized carbons (Fsp3) is 0.0667. The van der Waals surface area contributed by atoms with E-state index in [1.807, 2.05) is 24.3 Å². The molecule has 0 saturated carbocycles. The van der Waals surface area contributed by atoms with Crippen LogP contribution in [-0.2, 0) is 7.05 Å². The summed E-state index contributed by atoms with van der Waals surface area (Å²) in [5.74, 6) is 0. The molecule has 0 bridgehead atoms. The molecule has 2 aromatic heterocycles. The van der Waals surface area contributed by atoms with Crippen LogP contribution in [0.3, 0.4) is 0 Å². The zero-order valence-electron chi connectivity index (χ0n) is 10.0. The molecule has 0 spiro atoms. The Morgan fingerprint density at radius 1 is 1.00 bits per heavy atom. The highest BCUT2D eigenvalue weighted by Crippen LogP contribution is 2.22. The van der Waals surface area contributed by atoms with Crippen molar-refractivity contribution in [1.29, 1.82) is 0 Å². The molecular weight excluding hydrogens is 222 g/mol. The van der Waals surface area contributed by atoms with Gasteiger partial charge in [0.25, 0.3) is 0 Å². The molecule has 0 aliphatic rings. The first-order valence-electron chi connectivity index (χ1n) is 6.00. The van der Waals surface area contributed by atoms with Crippen molar-refractivity contribution >= 4 is 33.1 Å². The summed E-state index contributed by atoms with van der Waals surface area (Å²) in [7, 11) is 2.07. The highest BCUT2D eigenvalue weighted by Gasteiger charge is 2.16. The van der Waals surface area contributed by atoms with Crippen LogP contribution < -0.4 is 4.57 Å². The monoisotopic (exact) mass is 234 g/mol. The lowest BCUT2D eigenvalue weighted by atomic mass is 10.2. The third-order valence-corrected chi connectivity index (χ3v) is 3.47. The molecule has 18 heavy (non-hydrogen) atoms. The minimum Gasteiger partial charge on any atom is -0.238 e. The van der Waals surface area contributed by atoms with Gasteiger partial charge in [0.15, 0.2) is 11.0 Å². The second-order valence-corrected chi connectivity index (χ2v) is 4.53. The minimum atomic E-state index is 1.03. The van der Waals surface area contributed by atoms with E-state index < -0.39 is 0 Å². The van der Waals surface area contributed by atoms with Crippen LogP contribution in [0.4, 0.5) is 0 Å². The van der Waals surface area contributed by atoms with Crippen LogP contribution in [-0.4, -0.2) is 9.97 Å². The van der Waals surface area contributed by atoms with Gasteiger partial charge in [0.1, 0.15) is 11.0 Å². The Morgan fingerprint density at radius 3 is 2.72 bits per heavy atom. The SMILES string of the molecule is C[n+]1c2ccccc2nc2c3ccccc3[nH]c21. The molecule has 2 aromatic carbocycles. The summed E-state index contributed by atoms with van der Waals surface area (Å²) in [5.41, 5.74) is 5.39. The lowest BCUT2D eigenvalue weighted by molar-refractivity contribution is -0.619. The van der Waals surface area contributed by atoms with E-state index in [1.54, 1.807) is 0 Å². The molecule has 4 rings (SSSR count). The second kappa shape index (κ2) is 3.29. The molecule has 0 radical (unpaired) electrons. The smallest absolute Gasteiger partial charge is 0.238 e. The molecular formula is C15H12N3+. The van der Waals surface area contributed by atoms with E-state index in [9.17, 15) is 0 Å². The topological polar surface area (TPSA) is 32.6 Å². The molecule has 2 heterocycles. The molecule has 0 unspecified atom stereocenters. The maximum Gasteiger partial charge on any atom is 0.306 e. The number of aryl methyl sites for hydroxylation is 1. The van der Waals surface area contributed by atoms with Gasteiger partial charge in [-0.3, -0.25) is 0 Å². The molecule has 0 saturated heterocycles. The van der Waals surface area contributed by atoms with E-state index in [-0.39, 0.29) is 0 Å². The van der Waals surface area contributed by atoms with Crippen molar-refractivity contribution in [2.75, 3.05) is 0 Å². The predicted octanol–water partition coefficient (Wildman–Crippen LogP) is 2.69. The Kier molecular flexibility index (Phi) is 1.75. The van der Waals surface area contributed by atoms with Crippen molar-refractivity contribution in [2.45, 2.75) is 0 Å². The number of benzene rings is 2. The first-order chi connectivity index (χ1) is 8.84. The first kappa shape index (κ1) is 9.59. The van der Waals surface area contributed by atoms with Gasteiger partial charge in [-0.1, -0.05) is 24.3 Å². The van der Waals surface area contributed by atoms with E-state index in [4.69, 9.17) is 4.98 Å². The average molecular weight is 234 g/mol. The zero-order chi connectivity index (χ0) is 12.1. The average Bonchev–Trinajstić information content (AvgIpc) is 2.79. The van der Waals surface area contributed by atoms with Gasteiger partial charge in [-0.25, -0.2) is 14.5 Å². The minimum absolute atomic E-state index is 1.03. The Balaban J connectivity index is 2.33. The molecule has 4 aromatic rings. The molecule has 3 heteroatoms. The number of hydrogen-bond acceptors (Lipinski definition) is 1. The zero-order valence-corrected chi connectivity index (χ0v) is 10.0. The van der Waals surface area contributed by atoms with Crippen molar-refractivity contribution < 1.29 is 4.57 Å². The molecule has 1 N–H and O–H groups in total. The standard InChI is InChI=1S/C15H11N3/c1-18-13-9-5-4-8-12(13)16-14-10-6-2-3-7-11(10)17-15(14)18/h2-9H,1H3/p+1. The summed E-state index contributed by atoms with van der Waals surface area (Å²) in [6, 6.07) is 16.5. The van der Waals surface area contributed by atoms with Crippen molar-refractivity contribution in [2.24, 2.45) is 7.05 Å². The number of hydrogen-bond donors (Lipinski definition) is 1. The summed E-state index contributed by atoms with van der Waals surface area (Å²) in [5, 5.41) is 1.17. The van der Waals surface area contributed by atoms with Gasteiger partial charge in [0.2, 0.25) is 0 Å². The van der Waals surface area contributed by atoms with Crippen LogP contribution in [0.1, 0.15) is 0 Å². The third kappa shape index (κ3) is 1.13. The fourth-order valence-corrected chi connectivity index (χ4v) is 2.55. The molecule has 0 amide bonds. The number of H-pyrrole nitrogens is 1. The van der Waals surface area contributed by atoms with Crippen molar-refractivity contribution in [3.05, 3.63) is 48.5 Å². The van der Waals surface area contributed by atoms with Gasteiger partial charge >= 0.3 is 5.65 Å². The Labute approximate surface area is 104 Å². The Bertz CT molecular complexity index is 890. The van der Waals surface area contributed by atoms with Crippen LogP contribution >= 0.6 is 0 Å². The van der Waals surface area contributed by atoms with Gasteiger partial charge < -0.3 is 0 Å². The largest absolute Gasteiger partial charge is 0.306 e. The summed E-state index contributed by atoms with van der Waals surface area (Å²) < 4.78 is 2.16. The van der Waals surface area contributed by atoms with E-state index in [2.05, 4.69) is 40.9 Å². The number of para-hydroxylation sites is 3. The first-order valence-corrected chi connectivity index (χ1v) is 6.00. The highest BCUT2D eigenvalue weighted by atomic mass is 15.0. The molecule has 0 atom stereocenters. The van der Waals surface area contributed by atoms with Gasteiger partial charge in [0.05, 0.1) is 12.4 Å². The van der Waals surface area contributed by atoms with Gasteiger partial charge in [0, 0.05) is 0 Å². The molecule has 0 fully saturated rings. The number of aromatic amines is 1. The summed E-state index contributed by atoms with van der Waals surface area (Å²) >= 11 is 0. The number of nitrogens with one attached hydrogen (secondary N) is 1. The molecule has 3 nitrogen and oxygen atoms in total. The summed E-state index contributed by atoms with van der Waals surface area (Å²) in [4.78, 5) is 8.21. The maximum atomic E-state index is 4.77. The van der Waals surface area contributed by atoms with Crippen LogP contribution in [0.25, 0.3) is 33.1 Å². The number of fused-ring (bicyclic) bond motifs is 4.